The van der Waals surface area contributed by atoms with Crippen LogP contribution in [0.4, 0.5) is 0 Å². The van der Waals surface area contributed by atoms with Gasteiger partial charge in [-0.05, 0) is 25.7 Å². The summed E-state index contributed by atoms with van der Waals surface area (Å²) < 4.78 is 10.9. The third kappa shape index (κ3) is 24.0. The van der Waals surface area contributed by atoms with Gasteiger partial charge in [0.15, 0.2) is 6.29 Å². The van der Waals surface area contributed by atoms with E-state index in [0.29, 0.717) is 0 Å². The molecule has 1 rings (SSSR count). The summed E-state index contributed by atoms with van der Waals surface area (Å²) in [6, 6.07) is -0.819. The summed E-state index contributed by atoms with van der Waals surface area (Å²) >= 11 is 0. The highest BCUT2D eigenvalue weighted by Crippen LogP contribution is 2.22. The highest BCUT2D eigenvalue weighted by molar-refractivity contribution is 5.73. The van der Waals surface area contributed by atoms with Crippen LogP contribution in [0.25, 0.3) is 0 Å². The van der Waals surface area contributed by atoms with E-state index in [0.717, 1.165) is 19.3 Å². The Hall–Kier alpha value is -1.33. The van der Waals surface area contributed by atoms with Gasteiger partial charge in [-0.25, -0.2) is 0 Å². The largest absolute Gasteiger partial charge is 0.394 e. The van der Waals surface area contributed by atoms with Gasteiger partial charge in [0.1, 0.15) is 24.4 Å². The Labute approximate surface area is 305 Å². The van der Waals surface area contributed by atoms with Crippen molar-refractivity contribution in [3.05, 3.63) is 24.3 Å². The van der Waals surface area contributed by atoms with E-state index >= 15 is 0 Å². The molecule has 1 amide bonds. The first-order valence-electron chi connectivity index (χ1n) is 20.5. The minimum atomic E-state index is -1.56. The van der Waals surface area contributed by atoms with E-state index in [1.54, 1.807) is 6.08 Å². The van der Waals surface area contributed by atoms with Crippen LogP contribution in [-0.2, 0) is 14.3 Å². The molecule has 1 aliphatic heterocycles. The maximum atomic E-state index is 11.7. The van der Waals surface area contributed by atoms with E-state index in [1.807, 2.05) is 6.08 Å². The summed E-state index contributed by atoms with van der Waals surface area (Å²) in [7, 11) is 0. The number of carbonyl (C=O) groups excluding carboxylic acids is 1. The molecule has 0 bridgehead atoms. The number of hydrogen-bond acceptors (Lipinski definition) is 8. The molecule has 1 saturated heterocycles. The van der Waals surface area contributed by atoms with Crippen molar-refractivity contribution in [3.8, 4) is 0 Å². The van der Waals surface area contributed by atoms with Crippen molar-refractivity contribution in [3.63, 3.8) is 0 Å². The van der Waals surface area contributed by atoms with E-state index < -0.39 is 49.5 Å². The van der Waals surface area contributed by atoms with Gasteiger partial charge in [-0.3, -0.25) is 4.79 Å². The summed E-state index contributed by atoms with van der Waals surface area (Å²) in [5, 5.41) is 52.6. The van der Waals surface area contributed by atoms with Crippen LogP contribution in [0.2, 0.25) is 0 Å². The van der Waals surface area contributed by atoms with Crippen molar-refractivity contribution >= 4 is 5.91 Å². The fourth-order valence-corrected chi connectivity index (χ4v) is 6.56. The van der Waals surface area contributed by atoms with E-state index in [9.17, 15) is 30.3 Å². The van der Waals surface area contributed by atoms with E-state index in [-0.39, 0.29) is 12.5 Å². The van der Waals surface area contributed by atoms with Crippen molar-refractivity contribution < 1.29 is 39.8 Å². The lowest BCUT2D eigenvalue weighted by molar-refractivity contribution is -0.302. The molecule has 0 saturated carbocycles. The summed E-state index contributed by atoms with van der Waals surface area (Å²) in [5.41, 5.74) is 0. The summed E-state index contributed by atoms with van der Waals surface area (Å²) in [6.07, 6.45) is 33.2. The van der Waals surface area contributed by atoms with Gasteiger partial charge in [0.25, 0.3) is 0 Å². The molecule has 1 aliphatic rings. The van der Waals surface area contributed by atoms with Gasteiger partial charge in [0, 0.05) is 6.92 Å². The Morgan fingerprint density at radius 3 is 1.56 bits per heavy atom. The molecule has 0 aromatic rings. The van der Waals surface area contributed by atoms with Crippen LogP contribution in [0.1, 0.15) is 174 Å². The lowest BCUT2D eigenvalue weighted by Gasteiger charge is -2.40. The first-order chi connectivity index (χ1) is 24.3. The van der Waals surface area contributed by atoms with Gasteiger partial charge < -0.3 is 40.3 Å². The van der Waals surface area contributed by atoms with Crippen LogP contribution >= 0.6 is 0 Å². The molecule has 1 fully saturated rings. The van der Waals surface area contributed by atoms with Crippen LogP contribution in [0, 0.1) is 0 Å². The first-order valence-corrected chi connectivity index (χ1v) is 20.5. The Morgan fingerprint density at radius 1 is 0.660 bits per heavy atom. The van der Waals surface area contributed by atoms with Crippen LogP contribution in [0.5, 0.6) is 0 Å². The zero-order valence-corrected chi connectivity index (χ0v) is 31.9. The van der Waals surface area contributed by atoms with Gasteiger partial charge in [0.2, 0.25) is 5.91 Å². The number of rotatable bonds is 33. The molecule has 9 heteroatoms. The van der Waals surface area contributed by atoms with E-state index in [1.165, 1.54) is 148 Å². The number of aliphatic hydroxyl groups is 5. The first kappa shape index (κ1) is 46.7. The number of amides is 1. The second-order valence-electron chi connectivity index (χ2n) is 14.5. The molecule has 9 nitrogen and oxygen atoms in total. The number of allylic oxidation sites excluding steroid dienone is 3. The molecule has 0 spiro atoms. The highest BCUT2D eigenvalue weighted by Gasteiger charge is 2.44. The molecular formula is C41H77NO8. The van der Waals surface area contributed by atoms with Crippen molar-refractivity contribution in [1.82, 2.24) is 5.32 Å². The quantitative estimate of drug-likeness (QED) is 0.0302. The number of nitrogens with one attached hydrogen (secondary N) is 1. The molecule has 50 heavy (non-hydrogen) atoms. The standard InChI is InChI=1S/C41H77NO8/c1-3-4-5-6-7-8-9-10-11-12-13-14-15-16-17-18-19-20-21-22-23-24-25-26-27-28-29-30-31-36(45)35(42-34(2)44)33-49-41-40(48)39(47)38(46)37(32-43)50-41/h26-27,30-31,35-41,43,45-48H,3-25,28-29,32-33H2,1-2H3,(H,42,44)/b27-26+,31-30+. The number of carbonyl (C=O) groups is 1. The molecule has 0 aromatic heterocycles. The lowest BCUT2D eigenvalue weighted by Crippen LogP contribution is -2.60. The van der Waals surface area contributed by atoms with Crippen LogP contribution in [0.15, 0.2) is 24.3 Å². The van der Waals surface area contributed by atoms with Crippen molar-refractivity contribution in [2.45, 2.75) is 217 Å². The Balaban J connectivity index is 1.98. The monoisotopic (exact) mass is 712 g/mol. The third-order valence-corrected chi connectivity index (χ3v) is 9.81. The average Bonchev–Trinajstić information content (AvgIpc) is 3.10. The van der Waals surface area contributed by atoms with Crippen molar-refractivity contribution in [2.75, 3.05) is 13.2 Å². The number of hydrogen-bond donors (Lipinski definition) is 6. The fraction of sp³-hybridized carbons (Fsp3) is 0.878. The maximum absolute atomic E-state index is 11.7. The minimum absolute atomic E-state index is 0.215. The average molecular weight is 712 g/mol. The Morgan fingerprint density at radius 2 is 1.10 bits per heavy atom. The molecule has 7 atom stereocenters. The van der Waals surface area contributed by atoms with Crippen LogP contribution in [-0.4, -0.2) is 87.5 Å². The summed E-state index contributed by atoms with van der Waals surface area (Å²) in [6.45, 7) is 2.83. The zero-order chi connectivity index (χ0) is 36.7. The molecule has 294 valence electrons. The lowest BCUT2D eigenvalue weighted by atomic mass is 9.99. The molecule has 7 unspecified atom stereocenters. The highest BCUT2D eigenvalue weighted by atomic mass is 16.7. The van der Waals surface area contributed by atoms with Crippen molar-refractivity contribution in [1.29, 1.82) is 0 Å². The van der Waals surface area contributed by atoms with Gasteiger partial charge in [-0.1, -0.05) is 166 Å². The number of unbranched alkanes of at least 4 members (excludes halogenated alkanes) is 23. The topological polar surface area (TPSA) is 149 Å². The summed E-state index contributed by atoms with van der Waals surface area (Å²) in [4.78, 5) is 11.7. The van der Waals surface area contributed by atoms with Crippen molar-refractivity contribution in [2.24, 2.45) is 0 Å². The third-order valence-electron chi connectivity index (χ3n) is 9.81. The normalized spacial score (nSPS) is 22.4. The van der Waals surface area contributed by atoms with Gasteiger partial charge in [0.05, 0.1) is 25.4 Å². The second-order valence-corrected chi connectivity index (χ2v) is 14.5. The number of ether oxygens (including phenoxy) is 2. The Bertz CT molecular complexity index is 837. The maximum Gasteiger partial charge on any atom is 0.217 e. The smallest absolute Gasteiger partial charge is 0.217 e. The molecule has 0 aliphatic carbocycles. The van der Waals surface area contributed by atoms with Crippen LogP contribution in [0.3, 0.4) is 0 Å². The van der Waals surface area contributed by atoms with Gasteiger partial charge in [-0.2, -0.15) is 0 Å². The fourth-order valence-electron chi connectivity index (χ4n) is 6.56. The van der Waals surface area contributed by atoms with Crippen LogP contribution < -0.4 is 5.32 Å². The Kier molecular flexibility index (Phi) is 30.2. The SMILES string of the molecule is CCCCCCCCCCCCCCCCCCCCCCCC/C=C/CC/C=C/C(O)C(COC1OC(CO)C(O)C(O)C1O)NC(C)=O. The number of aliphatic hydroxyl groups excluding tert-OH is 5. The van der Waals surface area contributed by atoms with E-state index in [4.69, 9.17) is 9.47 Å². The minimum Gasteiger partial charge on any atom is -0.394 e. The van der Waals surface area contributed by atoms with Gasteiger partial charge in [-0.15, -0.1) is 0 Å². The van der Waals surface area contributed by atoms with Gasteiger partial charge >= 0.3 is 0 Å². The molecule has 1 heterocycles. The molecule has 6 N–H and O–H groups in total. The van der Waals surface area contributed by atoms with E-state index in [2.05, 4.69) is 24.4 Å². The molecular weight excluding hydrogens is 634 g/mol. The molecule has 0 radical (unpaired) electrons. The zero-order valence-electron chi connectivity index (χ0n) is 31.9. The second kappa shape index (κ2) is 32.3. The predicted octanol–water partition coefficient (Wildman–Crippen LogP) is 7.55. The molecule has 0 aromatic carbocycles. The predicted molar refractivity (Wildman–Crippen MR) is 203 cm³/mol. The summed E-state index contributed by atoms with van der Waals surface area (Å²) in [5.74, 6) is -0.363.